The minimum Gasteiger partial charge on any atom is -0.355 e. The van der Waals surface area contributed by atoms with E-state index in [1.165, 1.54) is 32.4 Å². The second kappa shape index (κ2) is 6.27. The Balaban J connectivity index is 1.55. The third-order valence-electron chi connectivity index (χ3n) is 6.30. The van der Waals surface area contributed by atoms with Crippen molar-refractivity contribution in [2.24, 2.45) is 12.5 Å². The summed E-state index contributed by atoms with van der Waals surface area (Å²) in [5.74, 6) is 1.77. The summed E-state index contributed by atoms with van der Waals surface area (Å²) in [6.45, 7) is 4.53. The van der Waals surface area contributed by atoms with Crippen molar-refractivity contribution in [3.8, 4) is 11.4 Å². The van der Waals surface area contributed by atoms with Crippen LogP contribution in [-0.4, -0.2) is 62.9 Å². The Morgan fingerprint density at radius 1 is 0.963 bits per heavy atom. The molecule has 0 saturated carbocycles. The second-order valence-electron chi connectivity index (χ2n) is 8.09. The Morgan fingerprint density at radius 3 is 2.48 bits per heavy atom. The number of hydrogen-bond donors (Lipinski definition) is 0. The van der Waals surface area contributed by atoms with Crippen LogP contribution in [0.5, 0.6) is 0 Å². The average molecular weight is 363 g/mol. The molecule has 0 N–H and O–H groups in total. The first-order chi connectivity index (χ1) is 13.1. The Morgan fingerprint density at radius 2 is 1.70 bits per heavy atom. The largest absolute Gasteiger partial charge is 0.355 e. The van der Waals surface area contributed by atoms with E-state index in [1.807, 2.05) is 30.1 Å². The Hall–Kier alpha value is -2.54. The number of nitrogens with zero attached hydrogens (tertiary/aromatic N) is 7. The third-order valence-corrected chi connectivity index (χ3v) is 6.30. The Kier molecular flexibility index (Phi) is 3.86. The first-order valence-corrected chi connectivity index (χ1v) is 9.67. The zero-order chi connectivity index (χ0) is 18.4. The Labute approximate surface area is 159 Å². The van der Waals surface area contributed by atoms with Crippen LogP contribution in [0.4, 0.5) is 5.82 Å². The summed E-state index contributed by atoms with van der Waals surface area (Å²) >= 11 is 0. The van der Waals surface area contributed by atoms with E-state index < -0.39 is 0 Å². The van der Waals surface area contributed by atoms with Gasteiger partial charge in [0, 0.05) is 38.1 Å². The van der Waals surface area contributed by atoms with E-state index >= 15 is 0 Å². The normalized spacial score (nSPS) is 20.0. The predicted molar refractivity (Wildman–Crippen MR) is 106 cm³/mol. The van der Waals surface area contributed by atoms with E-state index in [0.29, 0.717) is 5.41 Å². The summed E-state index contributed by atoms with van der Waals surface area (Å²) in [6, 6.07) is 3.92. The van der Waals surface area contributed by atoms with Crippen LogP contribution in [0.3, 0.4) is 0 Å². The summed E-state index contributed by atoms with van der Waals surface area (Å²) in [5.41, 5.74) is 2.31. The van der Waals surface area contributed by atoms with Crippen molar-refractivity contribution in [3.05, 3.63) is 30.7 Å². The summed E-state index contributed by atoms with van der Waals surface area (Å²) in [5, 5.41) is 5.49. The lowest BCUT2D eigenvalue weighted by molar-refractivity contribution is 0.142. The van der Waals surface area contributed by atoms with Gasteiger partial charge in [-0.3, -0.25) is 9.67 Å². The molecule has 2 aliphatic heterocycles. The molecule has 2 saturated heterocycles. The Bertz CT molecular complexity index is 957. The van der Waals surface area contributed by atoms with Gasteiger partial charge in [-0.15, -0.1) is 0 Å². The van der Waals surface area contributed by atoms with Gasteiger partial charge in [0.15, 0.2) is 11.5 Å². The van der Waals surface area contributed by atoms with E-state index in [9.17, 15) is 0 Å². The highest BCUT2D eigenvalue weighted by atomic mass is 15.3. The molecule has 5 heterocycles. The number of fused-ring (bicyclic) bond motifs is 1. The molecule has 0 radical (unpaired) electrons. The molecule has 2 aliphatic rings. The predicted octanol–water partition coefficient (Wildman–Crippen LogP) is 2.35. The van der Waals surface area contributed by atoms with Crippen molar-refractivity contribution < 1.29 is 0 Å². The highest BCUT2D eigenvalue weighted by Gasteiger charge is 2.41. The molecule has 3 aromatic rings. The van der Waals surface area contributed by atoms with Crippen molar-refractivity contribution >= 4 is 16.9 Å². The zero-order valence-electron chi connectivity index (χ0n) is 16.0. The topological polar surface area (TPSA) is 63.0 Å². The molecule has 0 aromatic carbocycles. The summed E-state index contributed by atoms with van der Waals surface area (Å²) in [7, 11) is 4.17. The van der Waals surface area contributed by atoms with E-state index in [1.54, 1.807) is 12.4 Å². The van der Waals surface area contributed by atoms with Gasteiger partial charge in [0.05, 0.1) is 11.6 Å². The maximum absolute atomic E-state index is 4.98. The van der Waals surface area contributed by atoms with Crippen LogP contribution in [0.25, 0.3) is 22.4 Å². The molecule has 7 nitrogen and oxygen atoms in total. The smallest absolute Gasteiger partial charge is 0.164 e. The van der Waals surface area contributed by atoms with Crippen LogP contribution in [-0.2, 0) is 7.05 Å². The third kappa shape index (κ3) is 2.86. The zero-order valence-corrected chi connectivity index (χ0v) is 16.0. The number of rotatable bonds is 2. The van der Waals surface area contributed by atoms with Crippen molar-refractivity contribution in [3.63, 3.8) is 0 Å². The van der Waals surface area contributed by atoms with Gasteiger partial charge in [0.25, 0.3) is 0 Å². The number of aromatic nitrogens is 5. The number of anilines is 1. The van der Waals surface area contributed by atoms with Crippen molar-refractivity contribution in [1.29, 1.82) is 0 Å². The number of aryl methyl sites for hydroxylation is 1. The van der Waals surface area contributed by atoms with Gasteiger partial charge in [0.2, 0.25) is 0 Å². The van der Waals surface area contributed by atoms with E-state index in [-0.39, 0.29) is 0 Å². The molecule has 0 atom stereocenters. The van der Waals surface area contributed by atoms with Crippen molar-refractivity contribution in [1.82, 2.24) is 29.6 Å². The lowest BCUT2D eigenvalue weighted by Gasteiger charge is -2.37. The molecule has 3 aromatic heterocycles. The average Bonchev–Trinajstić information content (AvgIpc) is 3.29. The van der Waals surface area contributed by atoms with Gasteiger partial charge in [0.1, 0.15) is 5.82 Å². The van der Waals surface area contributed by atoms with Crippen molar-refractivity contribution in [2.75, 3.05) is 38.1 Å². The highest BCUT2D eigenvalue weighted by molar-refractivity contribution is 5.88. The fourth-order valence-electron chi connectivity index (χ4n) is 4.50. The van der Waals surface area contributed by atoms with Gasteiger partial charge in [-0.1, -0.05) is 0 Å². The van der Waals surface area contributed by atoms with Gasteiger partial charge >= 0.3 is 0 Å². The molecule has 7 heteroatoms. The minimum atomic E-state index is 0.433. The molecule has 0 bridgehead atoms. The van der Waals surface area contributed by atoms with Gasteiger partial charge in [-0.05, 0) is 56.9 Å². The molecular weight excluding hydrogens is 338 g/mol. The molecule has 0 unspecified atom stereocenters. The summed E-state index contributed by atoms with van der Waals surface area (Å²) in [6.07, 6.45) is 9.28. The summed E-state index contributed by atoms with van der Waals surface area (Å²) < 4.78 is 1.84. The number of piperidine rings is 1. The molecule has 5 rings (SSSR count). The lowest BCUT2D eigenvalue weighted by atomic mass is 9.78. The quantitative estimate of drug-likeness (QED) is 0.696. The highest BCUT2D eigenvalue weighted by Crippen LogP contribution is 2.42. The maximum Gasteiger partial charge on any atom is 0.164 e. The van der Waals surface area contributed by atoms with Gasteiger partial charge in [-0.2, -0.15) is 5.10 Å². The first kappa shape index (κ1) is 16.6. The second-order valence-corrected chi connectivity index (χ2v) is 8.09. The summed E-state index contributed by atoms with van der Waals surface area (Å²) in [4.78, 5) is 18.8. The van der Waals surface area contributed by atoms with Crippen LogP contribution >= 0.6 is 0 Å². The van der Waals surface area contributed by atoms with Gasteiger partial charge < -0.3 is 9.80 Å². The van der Waals surface area contributed by atoms with Crippen molar-refractivity contribution in [2.45, 2.75) is 19.3 Å². The first-order valence-electron chi connectivity index (χ1n) is 9.67. The van der Waals surface area contributed by atoms with E-state index in [4.69, 9.17) is 9.97 Å². The molecule has 0 amide bonds. The van der Waals surface area contributed by atoms with Crippen LogP contribution in [0.15, 0.2) is 30.7 Å². The monoisotopic (exact) mass is 363 g/mol. The van der Waals surface area contributed by atoms with Crippen LogP contribution in [0, 0.1) is 5.41 Å². The fraction of sp³-hybridized carbons (Fsp3) is 0.500. The molecule has 1 spiro atoms. The maximum atomic E-state index is 4.98. The minimum absolute atomic E-state index is 0.433. The number of hydrogen-bond acceptors (Lipinski definition) is 6. The molecule has 140 valence electrons. The van der Waals surface area contributed by atoms with E-state index in [0.717, 1.165) is 41.3 Å². The van der Waals surface area contributed by atoms with Crippen LogP contribution < -0.4 is 4.90 Å². The number of likely N-dealkylation sites (tertiary alicyclic amines) is 1. The molecule has 0 aliphatic carbocycles. The molecule has 27 heavy (non-hydrogen) atoms. The lowest BCUT2D eigenvalue weighted by Crippen LogP contribution is -2.39. The fourth-order valence-corrected chi connectivity index (χ4v) is 4.50. The number of pyridine rings is 1. The molecular formula is C20H25N7. The van der Waals surface area contributed by atoms with E-state index in [2.05, 4.69) is 26.9 Å². The molecule has 2 fully saturated rings. The SMILES string of the molecule is CN1CCC2(CC1)CCN(c1nc(-c3ccncc3)nc3c1cnn3C)C2. The van der Waals surface area contributed by atoms with Crippen LogP contribution in [0.1, 0.15) is 19.3 Å². The standard InChI is InChI=1S/C20H25N7/c1-25-10-5-20(6-11-25)7-12-27(14-20)19-16-13-22-26(2)18(16)23-17(24-19)15-3-8-21-9-4-15/h3-4,8-9,13H,5-7,10-12,14H2,1-2H3. The van der Waals surface area contributed by atoms with Crippen LogP contribution in [0.2, 0.25) is 0 Å². The van der Waals surface area contributed by atoms with Gasteiger partial charge in [-0.25, -0.2) is 9.97 Å².